The molecule has 8 nitrogen and oxygen atoms in total. The standard InChI is InChI=1S/C20H23N3O5S2/c1-12-10-15-16(28-14(3)19(24)21-15)11-18(12)30(26,27)23-8-6-22(7-9-23)20(25)17-5-4-13(2)29-17/h4-5,10-11,14H,6-9H2,1-3H3,(H,21,24)/t14-/m1/s1. The van der Waals surface area contributed by atoms with Crippen LogP contribution in [0.2, 0.25) is 0 Å². The molecule has 1 fully saturated rings. The summed E-state index contributed by atoms with van der Waals surface area (Å²) in [6, 6.07) is 6.80. The van der Waals surface area contributed by atoms with Gasteiger partial charge in [-0.25, -0.2) is 8.42 Å². The number of nitrogens with one attached hydrogen (secondary N) is 1. The zero-order chi connectivity index (χ0) is 21.6. The molecule has 0 radical (unpaired) electrons. The van der Waals surface area contributed by atoms with Crippen molar-refractivity contribution in [3.05, 3.63) is 39.6 Å². The average Bonchev–Trinajstić information content (AvgIpc) is 3.14. The Morgan fingerprint density at radius 2 is 1.87 bits per heavy atom. The van der Waals surface area contributed by atoms with Crippen LogP contribution in [-0.2, 0) is 14.8 Å². The predicted molar refractivity (Wildman–Crippen MR) is 114 cm³/mol. The van der Waals surface area contributed by atoms with Gasteiger partial charge >= 0.3 is 0 Å². The molecule has 160 valence electrons. The summed E-state index contributed by atoms with van der Waals surface area (Å²) in [4.78, 5) is 28.0. The summed E-state index contributed by atoms with van der Waals surface area (Å²) >= 11 is 1.44. The van der Waals surface area contributed by atoms with Crippen molar-refractivity contribution in [2.45, 2.75) is 31.8 Å². The Morgan fingerprint density at radius 3 is 2.50 bits per heavy atom. The quantitative estimate of drug-likeness (QED) is 0.775. The van der Waals surface area contributed by atoms with Gasteiger partial charge in [-0.15, -0.1) is 11.3 Å². The second kappa shape index (κ2) is 7.68. The van der Waals surface area contributed by atoms with E-state index in [1.54, 1.807) is 24.8 Å². The van der Waals surface area contributed by atoms with Crippen LogP contribution in [0.3, 0.4) is 0 Å². The molecule has 2 amide bonds. The average molecular weight is 450 g/mol. The molecule has 0 spiro atoms. The number of thiophene rings is 1. The highest BCUT2D eigenvalue weighted by molar-refractivity contribution is 7.89. The Morgan fingerprint density at radius 1 is 1.17 bits per heavy atom. The fourth-order valence-corrected chi connectivity index (χ4v) is 6.08. The summed E-state index contributed by atoms with van der Waals surface area (Å²) in [5.41, 5.74) is 0.996. The molecule has 0 bridgehead atoms. The van der Waals surface area contributed by atoms with Gasteiger partial charge in [-0.3, -0.25) is 9.59 Å². The van der Waals surface area contributed by atoms with Crippen molar-refractivity contribution in [3.63, 3.8) is 0 Å². The normalized spacial score (nSPS) is 19.8. The number of piperazine rings is 1. The number of carbonyl (C=O) groups excluding carboxylic acids is 2. The van der Waals surface area contributed by atoms with Crippen molar-refractivity contribution in [1.29, 1.82) is 0 Å². The lowest BCUT2D eigenvalue weighted by atomic mass is 10.1. The smallest absolute Gasteiger partial charge is 0.265 e. The molecule has 1 N–H and O–H groups in total. The SMILES string of the molecule is Cc1ccc(C(=O)N2CCN(S(=O)(=O)c3cc4c(cc3C)NC(=O)[C@@H](C)O4)CC2)s1. The number of ether oxygens (including phenoxy) is 1. The first-order valence-corrected chi connectivity index (χ1v) is 11.9. The predicted octanol–water partition coefficient (Wildman–Crippen LogP) is 2.23. The summed E-state index contributed by atoms with van der Waals surface area (Å²) in [5.74, 6) is 0.0145. The maximum absolute atomic E-state index is 13.3. The molecule has 0 unspecified atom stereocenters. The van der Waals surface area contributed by atoms with E-state index in [9.17, 15) is 18.0 Å². The number of aryl methyl sites for hydroxylation is 2. The minimum absolute atomic E-state index is 0.0618. The highest BCUT2D eigenvalue weighted by atomic mass is 32.2. The summed E-state index contributed by atoms with van der Waals surface area (Å²) in [6.07, 6.45) is -0.689. The molecule has 4 rings (SSSR count). The molecule has 0 saturated carbocycles. The molecule has 1 aromatic carbocycles. The molecular weight excluding hydrogens is 426 g/mol. The maximum Gasteiger partial charge on any atom is 0.265 e. The first kappa shape index (κ1) is 20.8. The lowest BCUT2D eigenvalue weighted by Crippen LogP contribution is -2.50. The van der Waals surface area contributed by atoms with E-state index < -0.39 is 16.1 Å². The van der Waals surface area contributed by atoms with Crippen LogP contribution < -0.4 is 10.1 Å². The van der Waals surface area contributed by atoms with Gasteiger partial charge in [0.05, 0.1) is 15.5 Å². The Balaban J connectivity index is 1.52. The highest BCUT2D eigenvalue weighted by Crippen LogP contribution is 2.35. The number of hydrogen-bond donors (Lipinski definition) is 1. The monoisotopic (exact) mass is 449 g/mol. The minimum Gasteiger partial charge on any atom is -0.479 e. The fourth-order valence-electron chi connectivity index (χ4n) is 3.60. The molecule has 2 aromatic rings. The van der Waals surface area contributed by atoms with E-state index in [4.69, 9.17) is 4.74 Å². The molecular formula is C20H23N3O5S2. The number of sulfonamides is 1. The lowest BCUT2D eigenvalue weighted by molar-refractivity contribution is -0.122. The summed E-state index contributed by atoms with van der Waals surface area (Å²) < 4.78 is 33.5. The van der Waals surface area contributed by atoms with Crippen molar-refractivity contribution in [3.8, 4) is 5.75 Å². The number of carbonyl (C=O) groups is 2. The number of hydrogen-bond acceptors (Lipinski definition) is 6. The number of benzene rings is 1. The first-order chi connectivity index (χ1) is 14.2. The fraction of sp³-hybridized carbons (Fsp3) is 0.400. The summed E-state index contributed by atoms with van der Waals surface area (Å²) in [5, 5.41) is 2.73. The number of fused-ring (bicyclic) bond motifs is 1. The maximum atomic E-state index is 13.3. The van der Waals surface area contributed by atoms with Gasteiger partial charge in [-0.05, 0) is 44.5 Å². The second-order valence-electron chi connectivity index (χ2n) is 7.47. The van der Waals surface area contributed by atoms with Crippen LogP contribution in [0.15, 0.2) is 29.2 Å². The topological polar surface area (TPSA) is 96.0 Å². The largest absolute Gasteiger partial charge is 0.479 e. The van der Waals surface area contributed by atoms with E-state index in [0.717, 1.165) is 4.88 Å². The van der Waals surface area contributed by atoms with Gasteiger partial charge in [-0.1, -0.05) is 0 Å². The van der Waals surface area contributed by atoms with Gasteiger partial charge in [-0.2, -0.15) is 4.31 Å². The number of rotatable bonds is 3. The van der Waals surface area contributed by atoms with Crippen LogP contribution in [0.4, 0.5) is 5.69 Å². The van der Waals surface area contributed by atoms with E-state index in [2.05, 4.69) is 5.32 Å². The Kier molecular flexibility index (Phi) is 5.33. The van der Waals surface area contributed by atoms with Crippen LogP contribution in [0.5, 0.6) is 5.75 Å². The Hall–Kier alpha value is -2.43. The molecule has 1 saturated heterocycles. The van der Waals surface area contributed by atoms with Crippen molar-refractivity contribution in [2.75, 3.05) is 31.5 Å². The molecule has 3 heterocycles. The third kappa shape index (κ3) is 3.70. The third-order valence-corrected chi connectivity index (χ3v) is 8.33. The van der Waals surface area contributed by atoms with E-state index in [0.29, 0.717) is 35.0 Å². The van der Waals surface area contributed by atoms with Gasteiger partial charge < -0.3 is 15.0 Å². The van der Waals surface area contributed by atoms with Gasteiger partial charge in [0.2, 0.25) is 10.0 Å². The molecule has 10 heteroatoms. The molecule has 1 aromatic heterocycles. The van der Waals surface area contributed by atoms with Gasteiger partial charge in [0.15, 0.2) is 6.10 Å². The first-order valence-electron chi connectivity index (χ1n) is 9.65. The van der Waals surface area contributed by atoms with E-state index >= 15 is 0 Å². The lowest BCUT2D eigenvalue weighted by Gasteiger charge is -2.34. The van der Waals surface area contributed by atoms with Gasteiger partial charge in [0.25, 0.3) is 11.8 Å². The molecule has 2 aliphatic rings. The van der Waals surface area contributed by atoms with Gasteiger partial charge in [0.1, 0.15) is 5.75 Å². The summed E-state index contributed by atoms with van der Waals surface area (Å²) in [6.45, 7) is 6.37. The van der Waals surface area contributed by atoms with E-state index in [1.165, 1.54) is 21.7 Å². The van der Waals surface area contributed by atoms with Crippen molar-refractivity contribution >= 4 is 38.9 Å². The molecule has 2 aliphatic heterocycles. The molecule has 0 aliphatic carbocycles. The van der Waals surface area contributed by atoms with Crippen LogP contribution in [-0.4, -0.2) is 61.7 Å². The Bertz CT molecular complexity index is 1120. The van der Waals surface area contributed by atoms with Crippen LogP contribution in [0.25, 0.3) is 0 Å². The van der Waals surface area contributed by atoms with Crippen molar-refractivity contribution in [2.24, 2.45) is 0 Å². The number of nitrogens with zero attached hydrogens (tertiary/aromatic N) is 2. The van der Waals surface area contributed by atoms with Crippen molar-refractivity contribution < 1.29 is 22.7 Å². The summed E-state index contributed by atoms with van der Waals surface area (Å²) in [7, 11) is -3.76. The number of anilines is 1. The third-order valence-electron chi connectivity index (χ3n) is 5.30. The van der Waals surface area contributed by atoms with Crippen molar-refractivity contribution in [1.82, 2.24) is 9.21 Å². The van der Waals surface area contributed by atoms with E-state index in [-0.39, 0.29) is 29.8 Å². The second-order valence-corrected chi connectivity index (χ2v) is 10.7. The zero-order valence-corrected chi connectivity index (χ0v) is 18.6. The molecule has 1 atom stereocenters. The highest BCUT2D eigenvalue weighted by Gasteiger charge is 2.33. The van der Waals surface area contributed by atoms with Gasteiger partial charge in [0, 0.05) is 37.1 Å². The Labute approximate surface area is 179 Å². The van der Waals surface area contributed by atoms with Crippen LogP contribution in [0.1, 0.15) is 27.0 Å². The minimum atomic E-state index is -3.76. The van der Waals surface area contributed by atoms with Crippen LogP contribution >= 0.6 is 11.3 Å². The number of amides is 2. The van der Waals surface area contributed by atoms with E-state index in [1.807, 2.05) is 19.1 Å². The zero-order valence-electron chi connectivity index (χ0n) is 17.0. The molecule has 30 heavy (non-hydrogen) atoms. The van der Waals surface area contributed by atoms with Crippen LogP contribution in [0, 0.1) is 13.8 Å².